The quantitative estimate of drug-likeness (QED) is 0.437. The molecule has 0 amide bonds. The van der Waals surface area contributed by atoms with E-state index in [1.54, 1.807) is 0 Å². The summed E-state index contributed by atoms with van der Waals surface area (Å²) < 4.78 is 0. The van der Waals surface area contributed by atoms with Crippen LogP contribution >= 0.6 is 0 Å². The third kappa shape index (κ3) is 0.819. The molecule has 8 heavy (non-hydrogen) atoms. The lowest BCUT2D eigenvalue weighted by Gasteiger charge is -1.82. The van der Waals surface area contributed by atoms with Crippen LogP contribution in [0.1, 0.15) is 0 Å². The molecule has 0 unspecified atom stereocenters. The molecule has 0 aromatic carbocycles. The maximum Gasteiger partial charge on any atom is 0.245 e. The van der Waals surface area contributed by atoms with Crippen molar-refractivity contribution in [3.8, 4) is 12.3 Å². The van der Waals surface area contributed by atoms with Crippen molar-refractivity contribution in [1.82, 2.24) is 20.2 Å². The molecular formula is C4H3N4. The van der Waals surface area contributed by atoms with Gasteiger partial charge in [0, 0.05) is 0 Å². The van der Waals surface area contributed by atoms with Crippen molar-refractivity contribution >= 4 is 0 Å². The summed E-state index contributed by atoms with van der Waals surface area (Å²) in [6.07, 6.45) is 7.20. The van der Waals surface area contributed by atoms with Crippen LogP contribution in [0.4, 0.5) is 0 Å². The molecule has 0 bridgehead atoms. The zero-order valence-electron chi connectivity index (χ0n) is 4.07. The van der Waals surface area contributed by atoms with Crippen LogP contribution in [0.2, 0.25) is 0 Å². The van der Waals surface area contributed by atoms with Gasteiger partial charge >= 0.3 is 0 Å². The first-order chi connectivity index (χ1) is 3.93. The standard InChI is InChI=1S/C4H3N4/c1-2-3-8-6-4-5-7-8/h1H,3H2. The second-order valence-corrected chi connectivity index (χ2v) is 1.12. The van der Waals surface area contributed by atoms with Crippen molar-refractivity contribution in [2.75, 3.05) is 0 Å². The first-order valence-electron chi connectivity index (χ1n) is 2.01. The Morgan fingerprint density at radius 1 is 1.75 bits per heavy atom. The average Bonchev–Trinajstić information content (AvgIpc) is 2.19. The highest BCUT2D eigenvalue weighted by atomic mass is 15.6. The van der Waals surface area contributed by atoms with Gasteiger partial charge in [-0.25, -0.2) is 0 Å². The molecule has 1 radical (unpaired) electrons. The first-order valence-corrected chi connectivity index (χ1v) is 2.01. The van der Waals surface area contributed by atoms with Crippen LogP contribution in [0, 0.1) is 18.7 Å². The fourth-order valence-corrected chi connectivity index (χ4v) is 0.312. The Hall–Kier alpha value is -1.37. The van der Waals surface area contributed by atoms with E-state index in [0.717, 1.165) is 0 Å². The summed E-state index contributed by atoms with van der Waals surface area (Å²) in [5.41, 5.74) is 0. The van der Waals surface area contributed by atoms with E-state index in [1.165, 1.54) is 4.80 Å². The van der Waals surface area contributed by atoms with E-state index in [0.29, 0.717) is 6.54 Å². The maximum absolute atomic E-state index is 4.93. The van der Waals surface area contributed by atoms with Crippen molar-refractivity contribution in [2.24, 2.45) is 0 Å². The second-order valence-electron chi connectivity index (χ2n) is 1.12. The van der Waals surface area contributed by atoms with Gasteiger partial charge in [0.15, 0.2) is 0 Å². The number of hydrogen-bond acceptors (Lipinski definition) is 3. The fraction of sp³-hybridized carbons (Fsp3) is 0.250. The molecule has 4 heteroatoms. The lowest BCUT2D eigenvalue weighted by molar-refractivity contribution is 0.591. The molecule has 1 heterocycles. The molecule has 0 saturated carbocycles. The van der Waals surface area contributed by atoms with E-state index in [2.05, 4.69) is 27.7 Å². The van der Waals surface area contributed by atoms with Crippen molar-refractivity contribution in [1.29, 1.82) is 0 Å². The van der Waals surface area contributed by atoms with E-state index >= 15 is 0 Å². The van der Waals surface area contributed by atoms with Gasteiger partial charge in [-0.1, -0.05) is 5.92 Å². The molecule has 0 aliphatic carbocycles. The molecule has 1 rings (SSSR count). The van der Waals surface area contributed by atoms with Gasteiger partial charge in [0.1, 0.15) is 6.54 Å². The Kier molecular flexibility index (Phi) is 1.24. The van der Waals surface area contributed by atoms with Crippen LogP contribution in [-0.4, -0.2) is 20.2 Å². The third-order valence-corrected chi connectivity index (χ3v) is 0.586. The summed E-state index contributed by atoms with van der Waals surface area (Å²) in [6, 6.07) is 0. The Morgan fingerprint density at radius 3 is 3.12 bits per heavy atom. The molecule has 0 aliphatic rings. The zero-order valence-corrected chi connectivity index (χ0v) is 4.07. The molecule has 0 spiro atoms. The summed E-state index contributed by atoms with van der Waals surface area (Å²) in [4.78, 5) is 1.28. The van der Waals surface area contributed by atoms with Gasteiger partial charge in [0.05, 0.1) is 0 Å². The van der Waals surface area contributed by atoms with Gasteiger partial charge in [-0.05, 0) is 5.21 Å². The van der Waals surface area contributed by atoms with Gasteiger partial charge in [-0.15, -0.1) is 16.6 Å². The van der Waals surface area contributed by atoms with Crippen molar-refractivity contribution in [3.63, 3.8) is 0 Å². The minimum atomic E-state index is 0.358. The predicted molar refractivity (Wildman–Crippen MR) is 25.5 cm³/mol. The molecule has 0 aliphatic heterocycles. The van der Waals surface area contributed by atoms with Crippen LogP contribution in [-0.2, 0) is 6.54 Å². The summed E-state index contributed by atoms with van der Waals surface area (Å²) in [6.45, 7) is 0.358. The molecule has 1 aromatic rings. The first kappa shape index (κ1) is 4.78. The van der Waals surface area contributed by atoms with Gasteiger partial charge in [-0.3, -0.25) is 0 Å². The van der Waals surface area contributed by atoms with E-state index in [-0.39, 0.29) is 0 Å². The van der Waals surface area contributed by atoms with E-state index < -0.39 is 0 Å². The molecule has 0 atom stereocenters. The summed E-state index contributed by atoms with van der Waals surface area (Å²) in [5, 5.41) is 10.3. The fourth-order valence-electron chi connectivity index (χ4n) is 0.312. The average molecular weight is 107 g/mol. The van der Waals surface area contributed by atoms with Gasteiger partial charge in [0.2, 0.25) is 6.33 Å². The third-order valence-electron chi connectivity index (χ3n) is 0.586. The van der Waals surface area contributed by atoms with Crippen molar-refractivity contribution in [3.05, 3.63) is 6.33 Å². The topological polar surface area (TPSA) is 43.6 Å². The van der Waals surface area contributed by atoms with E-state index in [9.17, 15) is 0 Å². The van der Waals surface area contributed by atoms with Crippen LogP contribution in [0.15, 0.2) is 0 Å². The number of nitrogens with zero attached hydrogens (tertiary/aromatic N) is 4. The second kappa shape index (κ2) is 2.07. The van der Waals surface area contributed by atoms with Crippen LogP contribution in [0.3, 0.4) is 0 Å². The molecule has 4 nitrogen and oxygen atoms in total. The summed E-state index contributed by atoms with van der Waals surface area (Å²) >= 11 is 0. The summed E-state index contributed by atoms with van der Waals surface area (Å²) in [5.74, 6) is 2.35. The van der Waals surface area contributed by atoms with E-state index in [1.807, 2.05) is 0 Å². The Labute approximate surface area is 46.5 Å². The monoisotopic (exact) mass is 107 g/mol. The highest BCUT2D eigenvalue weighted by Crippen LogP contribution is 1.67. The normalized spacial score (nSPS) is 8.38. The SMILES string of the molecule is C#CCn1n[c]nn1. The number of tetrazole rings is 1. The van der Waals surface area contributed by atoms with Crippen molar-refractivity contribution < 1.29 is 0 Å². The summed E-state index contributed by atoms with van der Waals surface area (Å²) in [7, 11) is 0. The number of hydrogen-bond donors (Lipinski definition) is 0. The molecule has 0 saturated heterocycles. The minimum absolute atomic E-state index is 0.358. The van der Waals surface area contributed by atoms with Gasteiger partial charge < -0.3 is 0 Å². The van der Waals surface area contributed by atoms with Gasteiger partial charge in [-0.2, -0.15) is 4.80 Å². The van der Waals surface area contributed by atoms with Crippen LogP contribution < -0.4 is 0 Å². The Bertz CT molecular complexity index is 182. The molecular weight excluding hydrogens is 104 g/mol. The lowest BCUT2D eigenvalue weighted by atomic mass is 10.7. The van der Waals surface area contributed by atoms with Crippen LogP contribution in [0.5, 0.6) is 0 Å². The molecule has 0 N–H and O–H groups in total. The maximum atomic E-state index is 4.93. The smallest absolute Gasteiger partial charge is 0.152 e. The lowest BCUT2D eigenvalue weighted by Crippen LogP contribution is -1.99. The highest BCUT2D eigenvalue weighted by molar-refractivity contribution is 4.81. The largest absolute Gasteiger partial charge is 0.245 e. The van der Waals surface area contributed by atoms with Crippen molar-refractivity contribution in [2.45, 2.75) is 6.54 Å². The molecule has 0 fully saturated rings. The minimum Gasteiger partial charge on any atom is -0.152 e. The molecule has 1 aromatic heterocycles. The highest BCUT2D eigenvalue weighted by Gasteiger charge is 1.84. The molecule has 39 valence electrons. The predicted octanol–water partition coefficient (Wildman–Crippen LogP) is -0.894. The Balaban J connectivity index is 2.67. The number of aromatic nitrogens is 4. The zero-order chi connectivity index (χ0) is 5.82. The number of rotatable bonds is 1. The van der Waals surface area contributed by atoms with Gasteiger partial charge in [0.25, 0.3) is 0 Å². The number of terminal acetylenes is 1. The Morgan fingerprint density at radius 2 is 2.62 bits per heavy atom. The van der Waals surface area contributed by atoms with E-state index in [4.69, 9.17) is 6.42 Å². The van der Waals surface area contributed by atoms with Crippen LogP contribution in [0.25, 0.3) is 0 Å².